The quantitative estimate of drug-likeness (QED) is 0.681. The number of hydrogen-bond acceptors (Lipinski definition) is 4. The average molecular weight is 422 g/mol. The van der Waals surface area contributed by atoms with Gasteiger partial charge in [0.15, 0.2) is 0 Å². The highest BCUT2D eigenvalue weighted by Crippen LogP contribution is 2.33. The minimum atomic E-state index is -0.334. The smallest absolute Gasteiger partial charge is 0.226 e. The summed E-state index contributed by atoms with van der Waals surface area (Å²) < 4.78 is 14.2. The molecule has 0 unspecified atom stereocenters. The summed E-state index contributed by atoms with van der Waals surface area (Å²) in [6.45, 7) is 4.93. The lowest BCUT2D eigenvalue weighted by Crippen LogP contribution is -2.43. The van der Waals surface area contributed by atoms with Crippen LogP contribution in [0.15, 0.2) is 23.6 Å². The van der Waals surface area contributed by atoms with E-state index in [-0.39, 0.29) is 30.2 Å². The Bertz CT molecular complexity index is 826. The standard InChI is InChI=1S/C21H25ClFN3OS/c1-14-24-16(13-28-14)11-25-9-7-15(8-10-25)21(27)26(17-5-6-17)12-18-19(22)3-2-4-20(18)23/h2-4,13,15,17H,5-12H2,1H3. The molecule has 2 heterocycles. The monoisotopic (exact) mass is 421 g/mol. The molecule has 7 heteroatoms. The summed E-state index contributed by atoms with van der Waals surface area (Å²) >= 11 is 7.87. The largest absolute Gasteiger partial charge is 0.335 e. The summed E-state index contributed by atoms with van der Waals surface area (Å²) in [7, 11) is 0. The van der Waals surface area contributed by atoms with Crippen molar-refractivity contribution >= 4 is 28.8 Å². The van der Waals surface area contributed by atoms with E-state index < -0.39 is 0 Å². The van der Waals surface area contributed by atoms with Gasteiger partial charge in [0, 0.05) is 34.5 Å². The van der Waals surface area contributed by atoms with Gasteiger partial charge in [-0.3, -0.25) is 9.69 Å². The van der Waals surface area contributed by atoms with Gasteiger partial charge >= 0.3 is 0 Å². The summed E-state index contributed by atoms with van der Waals surface area (Å²) in [5, 5.41) is 3.60. The number of benzene rings is 1. The molecule has 1 aromatic carbocycles. The van der Waals surface area contributed by atoms with Crippen LogP contribution in [0.1, 0.15) is 41.9 Å². The summed E-state index contributed by atoms with van der Waals surface area (Å²) in [4.78, 5) is 22.0. The third kappa shape index (κ3) is 4.56. The van der Waals surface area contributed by atoms with Crippen LogP contribution in [0, 0.1) is 18.7 Å². The van der Waals surface area contributed by atoms with Crippen molar-refractivity contribution in [3.05, 3.63) is 50.7 Å². The number of carbonyl (C=O) groups excluding carboxylic acids is 1. The van der Waals surface area contributed by atoms with Gasteiger partial charge in [0.25, 0.3) is 0 Å². The molecule has 28 heavy (non-hydrogen) atoms. The van der Waals surface area contributed by atoms with E-state index in [1.807, 2.05) is 11.8 Å². The van der Waals surface area contributed by atoms with Crippen LogP contribution in [-0.2, 0) is 17.9 Å². The summed E-state index contributed by atoms with van der Waals surface area (Å²) in [6, 6.07) is 4.94. The molecule has 4 rings (SSSR count). The van der Waals surface area contributed by atoms with Gasteiger partial charge in [-0.05, 0) is 57.8 Å². The Kier molecular flexibility index (Phi) is 5.99. The minimum absolute atomic E-state index is 0.0135. The lowest BCUT2D eigenvalue weighted by atomic mass is 9.94. The van der Waals surface area contributed by atoms with Gasteiger partial charge in [0.2, 0.25) is 5.91 Å². The molecule has 4 nitrogen and oxygen atoms in total. The molecule has 2 aromatic rings. The van der Waals surface area contributed by atoms with Crippen LogP contribution in [0.25, 0.3) is 0 Å². The SMILES string of the molecule is Cc1nc(CN2CCC(C(=O)N(Cc3c(F)cccc3Cl)C3CC3)CC2)cs1. The maximum atomic E-state index is 14.2. The molecule has 1 saturated carbocycles. The summed E-state index contributed by atoms with van der Waals surface area (Å²) in [5.74, 6) is -0.162. The highest BCUT2D eigenvalue weighted by molar-refractivity contribution is 7.09. The molecular weight excluding hydrogens is 397 g/mol. The maximum absolute atomic E-state index is 14.2. The number of amides is 1. The van der Waals surface area contributed by atoms with Gasteiger partial charge in [-0.25, -0.2) is 9.37 Å². The molecule has 0 bridgehead atoms. The van der Waals surface area contributed by atoms with Gasteiger partial charge in [0.05, 0.1) is 17.2 Å². The van der Waals surface area contributed by atoms with Crippen molar-refractivity contribution in [2.24, 2.45) is 5.92 Å². The van der Waals surface area contributed by atoms with Gasteiger partial charge in [0.1, 0.15) is 5.82 Å². The van der Waals surface area contributed by atoms with E-state index in [9.17, 15) is 9.18 Å². The second-order valence-electron chi connectivity index (χ2n) is 7.81. The van der Waals surface area contributed by atoms with Crippen molar-refractivity contribution in [3.8, 4) is 0 Å². The second-order valence-corrected chi connectivity index (χ2v) is 9.28. The van der Waals surface area contributed by atoms with Crippen LogP contribution < -0.4 is 0 Å². The van der Waals surface area contributed by atoms with Crippen LogP contribution in [0.5, 0.6) is 0 Å². The van der Waals surface area contributed by atoms with E-state index in [2.05, 4.69) is 15.3 Å². The van der Waals surface area contributed by atoms with Crippen molar-refractivity contribution in [2.45, 2.75) is 51.7 Å². The fourth-order valence-electron chi connectivity index (χ4n) is 3.91. The number of aromatic nitrogens is 1. The van der Waals surface area contributed by atoms with E-state index in [4.69, 9.17) is 11.6 Å². The third-order valence-corrected chi connectivity index (χ3v) is 6.83. The molecule has 1 aliphatic carbocycles. The fourth-order valence-corrected chi connectivity index (χ4v) is 4.74. The molecule has 2 aliphatic rings. The lowest BCUT2D eigenvalue weighted by molar-refractivity contribution is -0.138. The molecule has 1 aliphatic heterocycles. The third-order valence-electron chi connectivity index (χ3n) is 5.65. The normalized spacial score (nSPS) is 18.4. The van der Waals surface area contributed by atoms with Crippen molar-refractivity contribution in [2.75, 3.05) is 13.1 Å². The zero-order chi connectivity index (χ0) is 19.7. The zero-order valence-corrected chi connectivity index (χ0v) is 17.6. The molecule has 0 atom stereocenters. The second kappa shape index (κ2) is 8.47. The first kappa shape index (κ1) is 19.8. The first-order valence-electron chi connectivity index (χ1n) is 9.88. The van der Waals surface area contributed by atoms with Gasteiger partial charge in [-0.1, -0.05) is 17.7 Å². The zero-order valence-electron chi connectivity index (χ0n) is 16.0. The maximum Gasteiger partial charge on any atom is 0.226 e. The highest BCUT2D eigenvalue weighted by atomic mass is 35.5. The van der Waals surface area contributed by atoms with Gasteiger partial charge in [-0.15, -0.1) is 11.3 Å². The van der Waals surface area contributed by atoms with E-state index in [1.54, 1.807) is 23.5 Å². The number of carbonyl (C=O) groups is 1. The molecule has 0 radical (unpaired) electrons. The van der Waals surface area contributed by atoms with E-state index in [0.717, 1.165) is 56.0 Å². The Morgan fingerprint density at radius 3 is 2.68 bits per heavy atom. The number of halogens is 2. The van der Waals surface area contributed by atoms with Gasteiger partial charge in [-0.2, -0.15) is 0 Å². The van der Waals surface area contributed by atoms with Crippen molar-refractivity contribution in [3.63, 3.8) is 0 Å². The van der Waals surface area contributed by atoms with Crippen LogP contribution in [0.4, 0.5) is 4.39 Å². The van der Waals surface area contributed by atoms with E-state index in [1.165, 1.54) is 6.07 Å². The van der Waals surface area contributed by atoms with Crippen molar-refractivity contribution in [1.82, 2.24) is 14.8 Å². The molecule has 2 fully saturated rings. The number of rotatable bonds is 6. The Balaban J connectivity index is 1.37. The van der Waals surface area contributed by atoms with E-state index >= 15 is 0 Å². The van der Waals surface area contributed by atoms with Crippen LogP contribution in [0.2, 0.25) is 5.02 Å². The van der Waals surface area contributed by atoms with Crippen molar-refractivity contribution in [1.29, 1.82) is 0 Å². The summed E-state index contributed by atoms with van der Waals surface area (Å²) in [6.07, 6.45) is 3.69. The molecule has 0 spiro atoms. The fraction of sp³-hybridized carbons (Fsp3) is 0.524. The first-order valence-corrected chi connectivity index (χ1v) is 11.1. The Labute approximate surface area is 174 Å². The predicted molar refractivity (Wildman–Crippen MR) is 110 cm³/mol. The molecule has 150 valence electrons. The van der Waals surface area contributed by atoms with Gasteiger partial charge < -0.3 is 4.90 Å². The molecule has 1 saturated heterocycles. The topological polar surface area (TPSA) is 36.4 Å². The minimum Gasteiger partial charge on any atom is -0.335 e. The molecular formula is C21H25ClFN3OS. The average Bonchev–Trinajstić information content (AvgIpc) is 3.44. The number of nitrogens with zero attached hydrogens (tertiary/aromatic N) is 3. The number of piperidine rings is 1. The first-order chi connectivity index (χ1) is 13.5. The number of thiazole rings is 1. The van der Waals surface area contributed by atoms with Crippen LogP contribution in [-0.4, -0.2) is 39.8 Å². The predicted octanol–water partition coefficient (Wildman–Crippen LogP) is 4.65. The van der Waals surface area contributed by atoms with E-state index in [0.29, 0.717) is 10.6 Å². The number of hydrogen-bond donors (Lipinski definition) is 0. The number of aryl methyl sites for hydroxylation is 1. The highest BCUT2D eigenvalue weighted by Gasteiger charge is 2.37. The lowest BCUT2D eigenvalue weighted by Gasteiger charge is -2.34. The Morgan fingerprint density at radius 1 is 1.32 bits per heavy atom. The Morgan fingerprint density at radius 2 is 2.07 bits per heavy atom. The van der Waals surface area contributed by atoms with Crippen molar-refractivity contribution < 1.29 is 9.18 Å². The molecule has 1 aromatic heterocycles. The van der Waals surface area contributed by atoms with Crippen LogP contribution >= 0.6 is 22.9 Å². The Hall–Kier alpha value is -1.50. The van der Waals surface area contributed by atoms with Crippen LogP contribution in [0.3, 0.4) is 0 Å². The molecule has 0 N–H and O–H groups in total. The number of likely N-dealkylation sites (tertiary alicyclic amines) is 1. The molecule has 1 amide bonds. The summed E-state index contributed by atoms with van der Waals surface area (Å²) in [5.41, 5.74) is 1.54.